The topological polar surface area (TPSA) is 74.0 Å². The molecule has 0 radical (unpaired) electrons. The monoisotopic (exact) mass is 482 g/mol. The first-order valence-electron chi connectivity index (χ1n) is 11.1. The minimum atomic E-state index is -0.963. The van der Waals surface area contributed by atoms with E-state index in [-0.39, 0.29) is 0 Å². The van der Waals surface area contributed by atoms with Crippen molar-refractivity contribution in [1.82, 2.24) is 4.98 Å². The van der Waals surface area contributed by atoms with Gasteiger partial charge in [0.25, 0.3) is 0 Å². The van der Waals surface area contributed by atoms with Gasteiger partial charge in [0.05, 0.1) is 15.7 Å². The Morgan fingerprint density at radius 2 is 1.91 bits per heavy atom. The van der Waals surface area contributed by atoms with E-state index in [0.29, 0.717) is 5.92 Å². The minimum Gasteiger partial charge on any atom is -0.478 e. The molecule has 0 aliphatic heterocycles. The van der Waals surface area contributed by atoms with Crippen LogP contribution < -0.4 is 0 Å². The summed E-state index contributed by atoms with van der Waals surface area (Å²) in [6.07, 6.45) is 6.24. The summed E-state index contributed by atoms with van der Waals surface area (Å²) in [4.78, 5) is 17.4. The number of aromatic nitrogens is 1. The highest BCUT2D eigenvalue weighted by molar-refractivity contribution is 7.16. The summed E-state index contributed by atoms with van der Waals surface area (Å²) in [5, 5.41) is 18.5. The zero-order valence-electron chi connectivity index (χ0n) is 18.6. The number of carboxylic acid groups (broad SMARTS) is 1. The number of nitriles is 1. The van der Waals surface area contributed by atoms with Crippen LogP contribution in [-0.2, 0) is 4.79 Å². The highest BCUT2D eigenvalue weighted by Crippen LogP contribution is 2.48. The van der Waals surface area contributed by atoms with Gasteiger partial charge < -0.3 is 5.11 Å². The molecule has 0 unspecified atom stereocenters. The molecule has 0 saturated heterocycles. The van der Waals surface area contributed by atoms with Crippen LogP contribution in [-0.4, -0.2) is 16.1 Å². The third-order valence-corrected chi connectivity index (χ3v) is 8.28. The number of thiazole rings is 1. The van der Waals surface area contributed by atoms with Crippen LogP contribution in [0.5, 0.6) is 0 Å². The van der Waals surface area contributed by atoms with E-state index in [0.717, 1.165) is 56.3 Å². The number of aryl methyl sites for hydroxylation is 1. The number of aliphatic carboxylic acids is 1. The van der Waals surface area contributed by atoms with Gasteiger partial charge in [-0.25, -0.2) is 9.78 Å². The summed E-state index contributed by atoms with van der Waals surface area (Å²) in [7, 11) is 0. The zero-order chi connectivity index (χ0) is 23.7. The van der Waals surface area contributed by atoms with Crippen molar-refractivity contribution in [3.05, 3.63) is 92.1 Å². The number of hydrogen-bond acceptors (Lipinski definition) is 5. The van der Waals surface area contributed by atoms with Crippen LogP contribution >= 0.6 is 22.7 Å². The second-order valence-corrected chi connectivity index (χ2v) is 10.4. The smallest absolute Gasteiger partial charge is 0.328 e. The van der Waals surface area contributed by atoms with Crippen molar-refractivity contribution in [2.75, 3.05) is 0 Å². The molecule has 1 aliphatic carbocycles. The van der Waals surface area contributed by atoms with E-state index in [1.165, 1.54) is 22.4 Å². The standard InChI is InChI=1S/C28H22N2O2S2/c1-17-13-22(15-29)34-28(17)27(19-3-2-4-19)26(21-10-11-24-23(14-21)30-16-33-24)20-8-5-18(6-9-20)7-12-25(31)32/h5-14,16,19H,2-4H2,1H3,(H,31,32). The molecule has 5 rings (SSSR count). The summed E-state index contributed by atoms with van der Waals surface area (Å²) >= 11 is 3.21. The molecular formula is C28H22N2O2S2. The Labute approximate surface area is 206 Å². The molecule has 0 bridgehead atoms. The molecule has 2 aromatic carbocycles. The van der Waals surface area contributed by atoms with Gasteiger partial charge in [-0.2, -0.15) is 5.26 Å². The Morgan fingerprint density at radius 1 is 1.15 bits per heavy atom. The molecule has 6 heteroatoms. The molecule has 1 saturated carbocycles. The van der Waals surface area contributed by atoms with Crippen molar-refractivity contribution in [3.8, 4) is 6.07 Å². The maximum absolute atomic E-state index is 10.9. The first kappa shape index (κ1) is 22.3. The van der Waals surface area contributed by atoms with E-state index < -0.39 is 5.97 Å². The Balaban J connectivity index is 1.75. The van der Waals surface area contributed by atoms with Gasteiger partial charge in [-0.3, -0.25) is 0 Å². The van der Waals surface area contributed by atoms with Crippen molar-refractivity contribution in [3.63, 3.8) is 0 Å². The number of nitrogens with zero attached hydrogens (tertiary/aromatic N) is 2. The second-order valence-electron chi connectivity index (χ2n) is 8.48. The normalized spacial score (nSPS) is 14.7. The molecule has 2 aromatic heterocycles. The molecule has 1 fully saturated rings. The molecule has 34 heavy (non-hydrogen) atoms. The molecule has 0 spiro atoms. The Hall–Kier alpha value is -3.53. The Morgan fingerprint density at radius 3 is 2.56 bits per heavy atom. The lowest BCUT2D eigenvalue weighted by atomic mass is 9.74. The van der Waals surface area contributed by atoms with Crippen LogP contribution in [0.15, 0.2) is 60.1 Å². The SMILES string of the molecule is Cc1cc(C#N)sc1C(=C(c1ccc(C=CC(=O)O)cc1)c1ccc2scnc2c1)C1CCC1. The van der Waals surface area contributed by atoms with Crippen LogP contribution in [0, 0.1) is 24.2 Å². The van der Waals surface area contributed by atoms with Gasteiger partial charge in [0, 0.05) is 11.0 Å². The summed E-state index contributed by atoms with van der Waals surface area (Å²) in [5.74, 6) is -0.522. The van der Waals surface area contributed by atoms with E-state index in [2.05, 4.69) is 48.3 Å². The van der Waals surface area contributed by atoms with E-state index >= 15 is 0 Å². The summed E-state index contributed by atoms with van der Waals surface area (Å²) < 4.78 is 1.15. The molecule has 2 heterocycles. The fourth-order valence-corrected chi connectivity index (χ4v) is 6.18. The third-order valence-electron chi connectivity index (χ3n) is 6.29. The molecular weight excluding hydrogens is 460 g/mol. The van der Waals surface area contributed by atoms with Gasteiger partial charge >= 0.3 is 5.97 Å². The van der Waals surface area contributed by atoms with Crippen molar-refractivity contribution >= 4 is 56.1 Å². The lowest BCUT2D eigenvalue weighted by Crippen LogP contribution is -2.15. The van der Waals surface area contributed by atoms with Crippen LogP contribution in [0.25, 0.3) is 27.4 Å². The van der Waals surface area contributed by atoms with E-state index in [9.17, 15) is 10.1 Å². The van der Waals surface area contributed by atoms with Gasteiger partial charge in [0.2, 0.25) is 0 Å². The van der Waals surface area contributed by atoms with Crippen molar-refractivity contribution in [1.29, 1.82) is 5.26 Å². The second kappa shape index (κ2) is 9.38. The molecule has 4 aromatic rings. The number of rotatable bonds is 6. The lowest BCUT2D eigenvalue weighted by Gasteiger charge is -2.31. The first-order chi connectivity index (χ1) is 16.5. The number of thiophene rings is 1. The lowest BCUT2D eigenvalue weighted by molar-refractivity contribution is -0.131. The maximum atomic E-state index is 10.9. The first-order valence-corrected chi connectivity index (χ1v) is 12.8. The fourth-order valence-electron chi connectivity index (χ4n) is 4.42. The quantitative estimate of drug-likeness (QED) is 0.291. The Bertz CT molecular complexity index is 1480. The molecule has 1 aliphatic rings. The van der Waals surface area contributed by atoms with Crippen LogP contribution in [0.1, 0.15) is 51.3 Å². The molecule has 4 nitrogen and oxygen atoms in total. The summed E-state index contributed by atoms with van der Waals surface area (Å²) in [6, 6.07) is 18.8. The molecule has 0 amide bonds. The van der Waals surface area contributed by atoms with Crippen LogP contribution in [0.2, 0.25) is 0 Å². The number of benzene rings is 2. The van der Waals surface area contributed by atoms with Gasteiger partial charge in [-0.05, 0) is 83.4 Å². The number of allylic oxidation sites excluding steroid dienone is 1. The van der Waals surface area contributed by atoms with Gasteiger partial charge in [0.1, 0.15) is 10.9 Å². The average molecular weight is 483 g/mol. The number of carbonyl (C=O) groups is 1. The molecule has 1 N–H and O–H groups in total. The van der Waals surface area contributed by atoms with E-state index in [4.69, 9.17) is 5.11 Å². The number of fused-ring (bicyclic) bond motifs is 1. The van der Waals surface area contributed by atoms with Crippen molar-refractivity contribution in [2.45, 2.75) is 26.2 Å². The molecule has 168 valence electrons. The highest BCUT2D eigenvalue weighted by Gasteiger charge is 2.29. The highest BCUT2D eigenvalue weighted by atomic mass is 32.1. The number of hydrogen-bond donors (Lipinski definition) is 1. The zero-order valence-corrected chi connectivity index (χ0v) is 20.2. The third kappa shape index (κ3) is 4.33. The average Bonchev–Trinajstić information content (AvgIpc) is 3.42. The van der Waals surface area contributed by atoms with Gasteiger partial charge in [-0.15, -0.1) is 22.7 Å². The van der Waals surface area contributed by atoms with Gasteiger partial charge in [-0.1, -0.05) is 36.8 Å². The van der Waals surface area contributed by atoms with Crippen LogP contribution in [0.3, 0.4) is 0 Å². The maximum Gasteiger partial charge on any atom is 0.328 e. The van der Waals surface area contributed by atoms with E-state index in [1.807, 2.05) is 23.7 Å². The Kier molecular flexibility index (Phi) is 6.14. The predicted octanol–water partition coefficient (Wildman–Crippen LogP) is 7.39. The summed E-state index contributed by atoms with van der Waals surface area (Å²) in [6.45, 7) is 2.09. The fraction of sp³-hybridized carbons (Fsp3) is 0.179. The van der Waals surface area contributed by atoms with Crippen molar-refractivity contribution < 1.29 is 9.90 Å². The summed E-state index contributed by atoms with van der Waals surface area (Å²) in [5.41, 5.74) is 9.49. The largest absolute Gasteiger partial charge is 0.478 e. The number of carboxylic acids is 1. The minimum absolute atomic E-state index is 0.441. The van der Waals surface area contributed by atoms with Crippen LogP contribution in [0.4, 0.5) is 0 Å². The van der Waals surface area contributed by atoms with E-state index in [1.54, 1.807) is 28.7 Å². The molecule has 0 atom stereocenters. The predicted molar refractivity (Wildman–Crippen MR) is 140 cm³/mol. The van der Waals surface area contributed by atoms with Gasteiger partial charge in [0.15, 0.2) is 0 Å². The van der Waals surface area contributed by atoms with Crippen molar-refractivity contribution in [2.24, 2.45) is 5.92 Å².